The van der Waals surface area contributed by atoms with Gasteiger partial charge in [0.1, 0.15) is 11.9 Å². The minimum atomic E-state index is -1.27. The van der Waals surface area contributed by atoms with Crippen molar-refractivity contribution in [3.05, 3.63) is 65.5 Å². The first-order chi connectivity index (χ1) is 15.8. The van der Waals surface area contributed by atoms with Crippen molar-refractivity contribution in [3.63, 3.8) is 0 Å². The SMILES string of the molecule is N[C@@H](CC(=O)N1[C@H](C(=O)Nc2ccccc2)C[C@@H]2CCCC[C@@H]21)Cc1cc(F)c(F)cc1F. The molecule has 5 nitrogen and oxygen atoms in total. The third-order valence-electron chi connectivity index (χ3n) is 6.73. The van der Waals surface area contributed by atoms with Crippen LogP contribution in [0, 0.1) is 23.4 Å². The Morgan fingerprint density at radius 3 is 2.48 bits per heavy atom. The number of nitrogens with zero attached hydrogens (tertiary/aromatic N) is 1. The fourth-order valence-corrected chi connectivity index (χ4v) is 5.20. The molecule has 2 aromatic rings. The van der Waals surface area contributed by atoms with Crippen LogP contribution in [-0.2, 0) is 16.0 Å². The number of hydrogen-bond donors (Lipinski definition) is 2. The van der Waals surface area contributed by atoms with Gasteiger partial charge in [-0.15, -0.1) is 0 Å². The van der Waals surface area contributed by atoms with Gasteiger partial charge in [0.05, 0.1) is 0 Å². The van der Waals surface area contributed by atoms with Gasteiger partial charge >= 0.3 is 0 Å². The van der Waals surface area contributed by atoms with E-state index in [2.05, 4.69) is 5.32 Å². The van der Waals surface area contributed by atoms with E-state index < -0.39 is 29.5 Å². The van der Waals surface area contributed by atoms with Gasteiger partial charge < -0.3 is 16.0 Å². The lowest BCUT2D eigenvalue weighted by molar-refractivity contribution is -0.139. The maximum atomic E-state index is 14.0. The molecule has 0 radical (unpaired) electrons. The van der Waals surface area contributed by atoms with Gasteiger partial charge in [-0.1, -0.05) is 31.0 Å². The molecule has 1 aliphatic carbocycles. The summed E-state index contributed by atoms with van der Waals surface area (Å²) >= 11 is 0. The predicted octanol–water partition coefficient (Wildman–Crippen LogP) is 4.16. The van der Waals surface area contributed by atoms with E-state index in [1.54, 1.807) is 17.0 Å². The summed E-state index contributed by atoms with van der Waals surface area (Å²) in [5.74, 6) is -3.57. The highest BCUT2D eigenvalue weighted by molar-refractivity contribution is 5.97. The molecule has 8 heteroatoms. The highest BCUT2D eigenvalue weighted by Crippen LogP contribution is 2.40. The van der Waals surface area contributed by atoms with E-state index in [4.69, 9.17) is 5.73 Å². The van der Waals surface area contributed by atoms with Gasteiger partial charge in [-0.05, 0) is 55.4 Å². The van der Waals surface area contributed by atoms with Crippen molar-refractivity contribution in [1.82, 2.24) is 4.90 Å². The number of rotatable bonds is 6. The Labute approximate surface area is 191 Å². The largest absolute Gasteiger partial charge is 0.327 e. The Kier molecular flexibility index (Phi) is 7.02. The van der Waals surface area contributed by atoms with Crippen LogP contribution >= 0.6 is 0 Å². The van der Waals surface area contributed by atoms with E-state index in [0.29, 0.717) is 18.2 Å². The van der Waals surface area contributed by atoms with Gasteiger partial charge in [-0.3, -0.25) is 9.59 Å². The van der Waals surface area contributed by atoms with Crippen LogP contribution < -0.4 is 11.1 Å². The van der Waals surface area contributed by atoms with Crippen molar-refractivity contribution in [1.29, 1.82) is 0 Å². The number of carbonyl (C=O) groups is 2. The Bertz CT molecular complexity index is 1020. The summed E-state index contributed by atoms with van der Waals surface area (Å²) in [6, 6.07) is 8.92. The number of anilines is 1. The molecular weight excluding hydrogens is 431 g/mol. The van der Waals surface area contributed by atoms with Crippen LogP contribution in [0.2, 0.25) is 0 Å². The topological polar surface area (TPSA) is 75.4 Å². The molecule has 2 aromatic carbocycles. The van der Waals surface area contributed by atoms with E-state index in [1.165, 1.54) is 0 Å². The third kappa shape index (κ3) is 5.21. The molecule has 176 valence electrons. The Morgan fingerprint density at radius 2 is 1.73 bits per heavy atom. The zero-order chi connectivity index (χ0) is 23.5. The maximum Gasteiger partial charge on any atom is 0.247 e. The van der Waals surface area contributed by atoms with E-state index in [1.807, 2.05) is 18.2 Å². The third-order valence-corrected chi connectivity index (χ3v) is 6.73. The molecule has 0 aromatic heterocycles. The van der Waals surface area contributed by atoms with Crippen molar-refractivity contribution in [2.24, 2.45) is 11.7 Å². The molecule has 1 saturated heterocycles. The first-order valence-corrected chi connectivity index (χ1v) is 11.4. The molecule has 1 saturated carbocycles. The summed E-state index contributed by atoms with van der Waals surface area (Å²) in [4.78, 5) is 28.1. The van der Waals surface area contributed by atoms with E-state index >= 15 is 0 Å². The number of nitrogens with one attached hydrogen (secondary N) is 1. The summed E-state index contributed by atoms with van der Waals surface area (Å²) < 4.78 is 40.7. The minimum Gasteiger partial charge on any atom is -0.327 e. The van der Waals surface area contributed by atoms with Crippen LogP contribution in [0.15, 0.2) is 42.5 Å². The summed E-state index contributed by atoms with van der Waals surface area (Å²) in [5.41, 5.74) is 6.70. The fraction of sp³-hybridized carbons (Fsp3) is 0.440. The number of amides is 2. The van der Waals surface area contributed by atoms with Crippen LogP contribution in [-0.4, -0.2) is 34.8 Å². The van der Waals surface area contributed by atoms with Crippen LogP contribution in [0.3, 0.4) is 0 Å². The molecule has 33 heavy (non-hydrogen) atoms. The number of fused-ring (bicyclic) bond motifs is 1. The standard InChI is InChI=1S/C25H28F3N3O2/c26-19-14-21(28)20(27)11-16(19)10-17(29)13-24(32)31-22-9-5-4-6-15(22)12-23(31)25(33)30-18-7-2-1-3-8-18/h1-3,7-8,11,14-15,17,22-23H,4-6,9-10,12-13,29H2,(H,30,33)/t15-,17+,22-,23-/m0/s1. The van der Waals surface area contributed by atoms with Gasteiger partial charge in [-0.25, -0.2) is 13.2 Å². The average molecular weight is 460 g/mol. The Morgan fingerprint density at radius 1 is 1.03 bits per heavy atom. The number of benzene rings is 2. The molecule has 1 aliphatic heterocycles. The maximum absolute atomic E-state index is 14.0. The lowest BCUT2D eigenvalue weighted by atomic mass is 9.84. The normalized spacial score (nSPS) is 23.2. The molecule has 0 spiro atoms. The summed E-state index contributed by atoms with van der Waals surface area (Å²) in [6.45, 7) is 0. The second-order valence-electron chi connectivity index (χ2n) is 9.05. The van der Waals surface area contributed by atoms with Crippen LogP contribution in [0.1, 0.15) is 44.1 Å². The molecule has 4 atom stereocenters. The molecular formula is C25H28F3N3O2. The number of halogens is 3. The molecule has 2 amide bonds. The van der Waals surface area contributed by atoms with Gasteiger partial charge in [0.2, 0.25) is 11.8 Å². The quantitative estimate of drug-likeness (QED) is 0.637. The fourth-order valence-electron chi connectivity index (χ4n) is 5.20. The number of nitrogens with two attached hydrogens (primary N) is 1. The van der Waals surface area contributed by atoms with Crippen molar-refractivity contribution < 1.29 is 22.8 Å². The monoisotopic (exact) mass is 459 g/mol. The van der Waals surface area contributed by atoms with Crippen LogP contribution in [0.5, 0.6) is 0 Å². The Hall–Kier alpha value is -2.87. The predicted molar refractivity (Wildman–Crippen MR) is 119 cm³/mol. The van der Waals surface area contributed by atoms with E-state index in [9.17, 15) is 22.8 Å². The summed E-state index contributed by atoms with van der Waals surface area (Å²) in [6.07, 6.45) is 4.24. The van der Waals surface area contributed by atoms with Gasteiger partial charge in [0, 0.05) is 30.3 Å². The highest BCUT2D eigenvalue weighted by atomic mass is 19.2. The second-order valence-corrected chi connectivity index (χ2v) is 9.05. The van der Waals surface area contributed by atoms with Crippen LogP contribution in [0.25, 0.3) is 0 Å². The van der Waals surface area contributed by atoms with Gasteiger partial charge in [-0.2, -0.15) is 0 Å². The molecule has 2 aliphatic rings. The smallest absolute Gasteiger partial charge is 0.247 e. The summed E-state index contributed by atoms with van der Waals surface area (Å²) in [5, 5.41) is 2.90. The van der Waals surface area contributed by atoms with Crippen molar-refractivity contribution in [2.45, 2.75) is 63.1 Å². The Balaban J connectivity index is 1.48. The molecule has 1 heterocycles. The molecule has 0 bridgehead atoms. The average Bonchev–Trinajstić information content (AvgIpc) is 3.18. The van der Waals surface area contributed by atoms with E-state index in [-0.39, 0.29) is 42.2 Å². The zero-order valence-electron chi connectivity index (χ0n) is 18.3. The molecule has 0 unspecified atom stereocenters. The van der Waals surface area contributed by atoms with Crippen molar-refractivity contribution in [3.8, 4) is 0 Å². The molecule has 3 N–H and O–H groups in total. The lowest BCUT2D eigenvalue weighted by Crippen LogP contribution is -2.49. The minimum absolute atomic E-state index is 0.0232. The summed E-state index contributed by atoms with van der Waals surface area (Å²) in [7, 11) is 0. The lowest BCUT2D eigenvalue weighted by Gasteiger charge is -2.34. The number of para-hydroxylation sites is 1. The molecule has 2 fully saturated rings. The molecule has 4 rings (SSSR count). The van der Waals surface area contributed by atoms with Gasteiger partial charge in [0.15, 0.2) is 11.6 Å². The second kappa shape index (κ2) is 9.95. The van der Waals surface area contributed by atoms with Crippen molar-refractivity contribution >= 4 is 17.5 Å². The van der Waals surface area contributed by atoms with E-state index in [0.717, 1.165) is 31.7 Å². The zero-order valence-corrected chi connectivity index (χ0v) is 18.3. The number of carbonyl (C=O) groups excluding carboxylic acids is 2. The number of hydrogen-bond acceptors (Lipinski definition) is 3. The van der Waals surface area contributed by atoms with Gasteiger partial charge in [0.25, 0.3) is 0 Å². The first kappa shape index (κ1) is 23.3. The van der Waals surface area contributed by atoms with Crippen LogP contribution in [0.4, 0.5) is 18.9 Å². The number of likely N-dealkylation sites (tertiary alicyclic amines) is 1. The van der Waals surface area contributed by atoms with Crippen molar-refractivity contribution in [2.75, 3.05) is 5.32 Å². The highest BCUT2D eigenvalue weighted by Gasteiger charge is 2.47. The first-order valence-electron chi connectivity index (χ1n) is 11.4.